The number of hydrogen-bond acceptors (Lipinski definition) is 3. The van der Waals surface area contributed by atoms with E-state index in [9.17, 15) is 13.5 Å². The van der Waals surface area contributed by atoms with Gasteiger partial charge in [0.15, 0.2) is 0 Å². The van der Waals surface area contributed by atoms with Crippen molar-refractivity contribution in [2.45, 2.75) is 70.0 Å². The minimum Gasteiger partial charge on any atom is -0.390 e. The molecule has 0 saturated heterocycles. The van der Waals surface area contributed by atoms with Crippen molar-refractivity contribution in [2.75, 3.05) is 0 Å². The van der Waals surface area contributed by atoms with E-state index in [-0.39, 0.29) is 23.6 Å². The molecule has 1 heterocycles. The highest BCUT2D eigenvalue weighted by atomic mass is 32.2. The Hall–Kier alpha value is -0.850. The Bertz CT molecular complexity index is 570. The molecule has 0 radical (unpaired) electrons. The molecule has 1 aromatic heterocycles. The number of aliphatic hydroxyl groups is 1. The predicted molar refractivity (Wildman–Crippen MR) is 82.5 cm³/mol. The molecule has 0 amide bonds. The van der Waals surface area contributed by atoms with Crippen molar-refractivity contribution in [3.8, 4) is 0 Å². The van der Waals surface area contributed by atoms with Gasteiger partial charge in [-0.15, -0.1) is 0 Å². The highest BCUT2D eigenvalue weighted by Crippen LogP contribution is 2.25. The summed E-state index contributed by atoms with van der Waals surface area (Å²) < 4.78 is 29.6. The zero-order chi connectivity index (χ0) is 15.6. The van der Waals surface area contributed by atoms with E-state index in [1.54, 1.807) is 16.8 Å². The molecule has 1 aliphatic rings. The average Bonchev–Trinajstić information content (AvgIpc) is 2.86. The minimum absolute atomic E-state index is 0.0335. The summed E-state index contributed by atoms with van der Waals surface area (Å²) in [5, 5.41) is 9.36. The average molecular weight is 314 g/mol. The number of aliphatic hydroxyl groups excluding tert-OH is 1. The summed E-state index contributed by atoms with van der Waals surface area (Å²) in [5.41, 5.74) is 0.627. The van der Waals surface area contributed by atoms with E-state index in [0.717, 1.165) is 25.7 Å². The maximum absolute atomic E-state index is 12.5. The van der Waals surface area contributed by atoms with Gasteiger partial charge < -0.3 is 9.67 Å². The second-order valence-corrected chi connectivity index (χ2v) is 8.12. The van der Waals surface area contributed by atoms with Crippen LogP contribution in [0.2, 0.25) is 0 Å². The quantitative estimate of drug-likeness (QED) is 0.877. The van der Waals surface area contributed by atoms with Crippen LogP contribution in [0.4, 0.5) is 0 Å². The lowest BCUT2D eigenvalue weighted by Crippen LogP contribution is -2.37. The van der Waals surface area contributed by atoms with E-state index < -0.39 is 10.0 Å². The Morgan fingerprint density at radius 2 is 1.95 bits per heavy atom. The summed E-state index contributed by atoms with van der Waals surface area (Å²) in [6.07, 6.45) is 5.56. The van der Waals surface area contributed by atoms with Crippen LogP contribution in [0.15, 0.2) is 17.2 Å². The van der Waals surface area contributed by atoms with Gasteiger partial charge in [0.2, 0.25) is 10.0 Å². The van der Waals surface area contributed by atoms with Gasteiger partial charge in [-0.05, 0) is 51.5 Å². The lowest BCUT2D eigenvalue weighted by molar-refractivity contribution is 0.268. The first-order valence-corrected chi connectivity index (χ1v) is 9.15. The molecule has 0 unspecified atom stereocenters. The minimum atomic E-state index is -3.50. The van der Waals surface area contributed by atoms with E-state index in [0.29, 0.717) is 11.6 Å². The second kappa shape index (κ2) is 6.50. The monoisotopic (exact) mass is 314 g/mol. The molecule has 0 atom stereocenters. The van der Waals surface area contributed by atoms with E-state index in [4.69, 9.17) is 0 Å². The summed E-state index contributed by atoms with van der Waals surface area (Å²) in [6, 6.07) is 1.71. The van der Waals surface area contributed by atoms with Gasteiger partial charge in [0, 0.05) is 24.0 Å². The summed E-state index contributed by atoms with van der Waals surface area (Å²) in [4.78, 5) is 0.249. The number of hydrogen-bond donors (Lipinski definition) is 2. The molecule has 21 heavy (non-hydrogen) atoms. The Labute approximate surface area is 127 Å². The van der Waals surface area contributed by atoms with Crippen LogP contribution in [-0.4, -0.2) is 24.1 Å². The molecule has 1 aliphatic carbocycles. The van der Waals surface area contributed by atoms with Crippen LogP contribution in [0.3, 0.4) is 0 Å². The number of rotatable bonds is 5. The Morgan fingerprint density at radius 1 is 1.33 bits per heavy atom. The van der Waals surface area contributed by atoms with E-state index in [1.807, 2.05) is 13.8 Å². The summed E-state index contributed by atoms with van der Waals surface area (Å²) in [7, 11) is -3.50. The number of nitrogens with one attached hydrogen (secondary N) is 1. The van der Waals surface area contributed by atoms with Gasteiger partial charge in [-0.1, -0.05) is 6.92 Å². The first-order valence-electron chi connectivity index (χ1n) is 7.67. The van der Waals surface area contributed by atoms with Crippen LogP contribution in [0.25, 0.3) is 0 Å². The van der Waals surface area contributed by atoms with E-state index in [1.165, 1.54) is 0 Å². The molecule has 0 bridgehead atoms. The molecule has 0 aliphatic heterocycles. The highest BCUT2D eigenvalue weighted by molar-refractivity contribution is 7.89. The second-order valence-electron chi connectivity index (χ2n) is 6.40. The molecule has 1 fully saturated rings. The summed E-state index contributed by atoms with van der Waals surface area (Å²) in [6.45, 7) is 5.98. The Morgan fingerprint density at radius 3 is 2.43 bits per heavy atom. The lowest BCUT2D eigenvalue weighted by atomic mass is 9.88. The third-order valence-electron chi connectivity index (χ3n) is 4.27. The van der Waals surface area contributed by atoms with Gasteiger partial charge in [0.25, 0.3) is 0 Å². The number of sulfonamides is 1. The third-order valence-corrected chi connectivity index (χ3v) is 5.76. The molecule has 2 N–H and O–H groups in total. The first-order chi connectivity index (χ1) is 9.83. The fraction of sp³-hybridized carbons (Fsp3) is 0.733. The molecule has 2 rings (SSSR count). The topological polar surface area (TPSA) is 71.3 Å². The molecule has 120 valence electrons. The predicted octanol–water partition coefficient (Wildman–Crippen LogP) is 2.42. The van der Waals surface area contributed by atoms with Crippen LogP contribution < -0.4 is 4.72 Å². The zero-order valence-electron chi connectivity index (χ0n) is 13.0. The molecular formula is C15H26N2O3S. The van der Waals surface area contributed by atoms with Gasteiger partial charge in [0.1, 0.15) is 0 Å². The normalized spacial score (nSPS) is 23.7. The molecule has 0 aromatic carbocycles. The van der Waals surface area contributed by atoms with Crippen LogP contribution in [0.1, 0.15) is 58.2 Å². The number of nitrogens with zero attached hydrogens (tertiary/aromatic N) is 1. The Kier molecular flexibility index (Phi) is 5.11. The van der Waals surface area contributed by atoms with Gasteiger partial charge in [-0.2, -0.15) is 0 Å². The molecule has 5 nitrogen and oxygen atoms in total. The van der Waals surface area contributed by atoms with Gasteiger partial charge in [0.05, 0.1) is 11.5 Å². The van der Waals surface area contributed by atoms with E-state index >= 15 is 0 Å². The molecule has 0 spiro atoms. The van der Waals surface area contributed by atoms with Crippen molar-refractivity contribution in [1.29, 1.82) is 0 Å². The maximum atomic E-state index is 12.5. The molecule has 6 heteroatoms. The lowest BCUT2D eigenvalue weighted by Gasteiger charge is -2.26. The SMILES string of the molecule is CC1CCC(NS(=O)(=O)c2cc(CO)n(C(C)C)c2)CC1. The molecule has 1 aromatic rings. The fourth-order valence-electron chi connectivity index (χ4n) is 2.92. The summed E-state index contributed by atoms with van der Waals surface area (Å²) >= 11 is 0. The number of aromatic nitrogens is 1. The van der Waals surface area contributed by atoms with Crippen LogP contribution >= 0.6 is 0 Å². The van der Waals surface area contributed by atoms with Crippen LogP contribution in [0.5, 0.6) is 0 Å². The third kappa shape index (κ3) is 3.87. The summed E-state index contributed by atoms with van der Waals surface area (Å²) in [5.74, 6) is 0.689. The van der Waals surface area contributed by atoms with Crippen molar-refractivity contribution in [1.82, 2.24) is 9.29 Å². The van der Waals surface area contributed by atoms with Crippen LogP contribution in [0, 0.1) is 5.92 Å². The highest BCUT2D eigenvalue weighted by Gasteiger charge is 2.25. The zero-order valence-corrected chi connectivity index (χ0v) is 13.9. The first kappa shape index (κ1) is 16.5. The molecule has 1 saturated carbocycles. The van der Waals surface area contributed by atoms with Crippen molar-refractivity contribution in [3.63, 3.8) is 0 Å². The van der Waals surface area contributed by atoms with Crippen molar-refractivity contribution in [2.24, 2.45) is 5.92 Å². The molecular weight excluding hydrogens is 288 g/mol. The standard InChI is InChI=1S/C15H26N2O3S/c1-11(2)17-9-15(8-14(17)10-18)21(19,20)16-13-6-4-12(3)5-7-13/h8-9,11-13,16,18H,4-7,10H2,1-3H3. The smallest absolute Gasteiger partial charge is 0.242 e. The van der Waals surface area contributed by atoms with Gasteiger partial charge in [-0.25, -0.2) is 13.1 Å². The largest absolute Gasteiger partial charge is 0.390 e. The van der Waals surface area contributed by atoms with Crippen LogP contribution in [-0.2, 0) is 16.6 Å². The Balaban J connectivity index is 2.16. The van der Waals surface area contributed by atoms with Crippen molar-refractivity contribution < 1.29 is 13.5 Å². The maximum Gasteiger partial charge on any atom is 0.242 e. The van der Waals surface area contributed by atoms with Gasteiger partial charge in [-0.3, -0.25) is 0 Å². The van der Waals surface area contributed by atoms with E-state index in [2.05, 4.69) is 11.6 Å². The van der Waals surface area contributed by atoms with Crippen molar-refractivity contribution in [3.05, 3.63) is 18.0 Å². The van der Waals surface area contributed by atoms with Crippen molar-refractivity contribution >= 4 is 10.0 Å². The van der Waals surface area contributed by atoms with Gasteiger partial charge >= 0.3 is 0 Å². The fourth-order valence-corrected chi connectivity index (χ4v) is 4.27.